The fourth-order valence-corrected chi connectivity index (χ4v) is 0.995. The molecule has 72 valence electrons. The molecule has 2 aliphatic rings. The molecule has 0 unspecified atom stereocenters. The summed E-state index contributed by atoms with van der Waals surface area (Å²) >= 11 is 0. The van der Waals surface area contributed by atoms with Crippen molar-refractivity contribution >= 4 is 0 Å². The number of rotatable bonds is 3. The monoisotopic (exact) mass is 181 g/mol. The molecule has 2 rings (SSSR count). The first-order chi connectivity index (χ1) is 6.31. The largest absolute Gasteiger partial charge is 0.278 e. The Morgan fingerprint density at radius 3 is 1.38 bits per heavy atom. The second-order valence-corrected chi connectivity index (χ2v) is 2.59. The van der Waals surface area contributed by atoms with Crippen LogP contribution >= 0.6 is 0 Å². The predicted octanol–water partition coefficient (Wildman–Crippen LogP) is 2.10. The van der Waals surface area contributed by atoms with Crippen LogP contribution in [0.15, 0.2) is 24.3 Å². The third-order valence-electron chi connectivity index (χ3n) is 1.88. The summed E-state index contributed by atoms with van der Waals surface area (Å²) in [6.45, 7) is 2.68. The standard InChI is InChI=1S/C6H4.C4H11NO2/c1-2-6-4-3-5(1)6;1-4-5(6-2)7-3/h1-4H;4H2,1-3H3. The summed E-state index contributed by atoms with van der Waals surface area (Å²) < 4.78 is 0. The number of hydroxylamine groups is 2. The third kappa shape index (κ3) is 2.52. The minimum Gasteiger partial charge on any atom is -0.278 e. The molecule has 2 aliphatic carbocycles. The zero-order valence-corrected chi connectivity index (χ0v) is 8.28. The van der Waals surface area contributed by atoms with Crippen molar-refractivity contribution in [2.75, 3.05) is 20.8 Å². The van der Waals surface area contributed by atoms with Crippen molar-refractivity contribution in [1.82, 2.24) is 5.23 Å². The highest BCUT2D eigenvalue weighted by Gasteiger charge is 2.03. The Morgan fingerprint density at radius 2 is 1.38 bits per heavy atom. The Labute approximate surface area is 78.8 Å². The maximum Gasteiger partial charge on any atom is 0.0601 e. The molecule has 0 N–H and O–H groups in total. The van der Waals surface area contributed by atoms with E-state index in [9.17, 15) is 0 Å². The zero-order chi connectivity index (χ0) is 9.68. The summed E-state index contributed by atoms with van der Waals surface area (Å²) in [4.78, 5) is 9.32. The van der Waals surface area contributed by atoms with E-state index in [0.29, 0.717) is 0 Å². The first-order valence-corrected chi connectivity index (χ1v) is 4.28. The van der Waals surface area contributed by atoms with Gasteiger partial charge in [-0.15, -0.1) is 0 Å². The van der Waals surface area contributed by atoms with Gasteiger partial charge in [-0.05, 0) is 18.1 Å². The van der Waals surface area contributed by atoms with E-state index < -0.39 is 0 Å². The summed E-state index contributed by atoms with van der Waals surface area (Å²) in [5, 5.41) is 1.38. The van der Waals surface area contributed by atoms with Gasteiger partial charge in [0.1, 0.15) is 0 Å². The second-order valence-electron chi connectivity index (χ2n) is 2.59. The molecule has 0 aromatic rings. The lowest BCUT2D eigenvalue weighted by molar-refractivity contribution is -0.339. The Hall–Kier alpha value is -0.900. The smallest absolute Gasteiger partial charge is 0.0601 e. The number of hydrogen-bond acceptors (Lipinski definition) is 3. The van der Waals surface area contributed by atoms with Crippen molar-refractivity contribution in [2.45, 2.75) is 6.92 Å². The average Bonchev–Trinajstić information content (AvgIpc) is 2.15. The van der Waals surface area contributed by atoms with E-state index in [1.807, 2.05) is 6.92 Å². The molecule has 0 saturated heterocycles. The molecule has 0 aromatic heterocycles. The van der Waals surface area contributed by atoms with Gasteiger partial charge in [0.05, 0.1) is 14.2 Å². The highest BCUT2D eigenvalue weighted by Crippen LogP contribution is 2.29. The molecule has 0 spiro atoms. The highest BCUT2D eigenvalue weighted by atomic mass is 16.9. The number of fused-ring (bicyclic) bond motifs is 1. The van der Waals surface area contributed by atoms with Crippen LogP contribution in [-0.2, 0) is 9.68 Å². The van der Waals surface area contributed by atoms with Gasteiger partial charge in [-0.2, -0.15) is 0 Å². The normalized spacial score (nSPS) is 10.8. The molecule has 0 atom stereocenters. The van der Waals surface area contributed by atoms with Crippen LogP contribution in [0.25, 0.3) is 11.1 Å². The van der Waals surface area contributed by atoms with Crippen LogP contribution in [0, 0.1) is 0 Å². The van der Waals surface area contributed by atoms with Crippen molar-refractivity contribution in [3.05, 3.63) is 24.3 Å². The van der Waals surface area contributed by atoms with Crippen LogP contribution in [0.1, 0.15) is 6.92 Å². The van der Waals surface area contributed by atoms with Gasteiger partial charge < -0.3 is 0 Å². The van der Waals surface area contributed by atoms with Gasteiger partial charge in [-0.25, -0.2) is 0 Å². The van der Waals surface area contributed by atoms with E-state index in [1.54, 1.807) is 14.2 Å². The predicted molar refractivity (Wildman–Crippen MR) is 51.8 cm³/mol. The van der Waals surface area contributed by atoms with Gasteiger partial charge in [0, 0.05) is 6.54 Å². The summed E-state index contributed by atoms with van der Waals surface area (Å²) in [5.41, 5.74) is 2.85. The maximum atomic E-state index is 4.66. The molecular formula is C10H15NO2. The fraction of sp³-hybridized carbons (Fsp3) is 0.400. The Bertz CT molecular complexity index is 215. The molecule has 3 nitrogen and oxygen atoms in total. The zero-order valence-electron chi connectivity index (χ0n) is 8.28. The lowest BCUT2D eigenvalue weighted by atomic mass is 9.95. The molecule has 0 amide bonds. The van der Waals surface area contributed by atoms with Gasteiger partial charge in [0.25, 0.3) is 0 Å². The van der Waals surface area contributed by atoms with E-state index in [-0.39, 0.29) is 0 Å². The van der Waals surface area contributed by atoms with Crippen molar-refractivity contribution in [3.63, 3.8) is 0 Å². The molecule has 0 fully saturated rings. The third-order valence-corrected chi connectivity index (χ3v) is 1.88. The SMILES string of the molecule is CCN(OC)OC.c1cc2ccc1-2. The fourth-order valence-electron chi connectivity index (χ4n) is 0.995. The van der Waals surface area contributed by atoms with E-state index in [0.717, 1.165) is 6.54 Å². The molecular weight excluding hydrogens is 166 g/mol. The van der Waals surface area contributed by atoms with Crippen LogP contribution < -0.4 is 0 Å². The van der Waals surface area contributed by atoms with Crippen LogP contribution in [0.5, 0.6) is 0 Å². The van der Waals surface area contributed by atoms with Crippen LogP contribution in [-0.4, -0.2) is 26.0 Å². The number of nitrogens with zero attached hydrogens (tertiary/aromatic N) is 1. The van der Waals surface area contributed by atoms with E-state index >= 15 is 0 Å². The lowest BCUT2D eigenvalue weighted by Crippen LogP contribution is -2.19. The molecule has 0 saturated carbocycles. The van der Waals surface area contributed by atoms with Crippen LogP contribution in [0.2, 0.25) is 0 Å². The molecule has 3 heteroatoms. The molecule has 0 heterocycles. The average molecular weight is 181 g/mol. The quantitative estimate of drug-likeness (QED) is 0.677. The van der Waals surface area contributed by atoms with Gasteiger partial charge in [-0.3, -0.25) is 9.68 Å². The summed E-state index contributed by atoms with van der Waals surface area (Å²) in [6, 6.07) is 8.48. The topological polar surface area (TPSA) is 21.7 Å². The van der Waals surface area contributed by atoms with Gasteiger partial charge in [0.2, 0.25) is 0 Å². The number of hydrogen-bond donors (Lipinski definition) is 0. The van der Waals surface area contributed by atoms with Crippen molar-refractivity contribution in [3.8, 4) is 11.1 Å². The Morgan fingerprint density at radius 1 is 1.00 bits per heavy atom. The van der Waals surface area contributed by atoms with E-state index in [2.05, 4.69) is 33.9 Å². The van der Waals surface area contributed by atoms with E-state index in [4.69, 9.17) is 0 Å². The summed E-state index contributed by atoms with van der Waals surface area (Å²) in [6.07, 6.45) is 0. The minimum absolute atomic E-state index is 0.743. The first-order valence-electron chi connectivity index (χ1n) is 4.28. The molecule has 0 aliphatic heterocycles. The minimum atomic E-state index is 0.743. The van der Waals surface area contributed by atoms with Gasteiger partial charge in [0.15, 0.2) is 0 Å². The Kier molecular flexibility index (Phi) is 3.89. The van der Waals surface area contributed by atoms with Crippen LogP contribution in [0.3, 0.4) is 0 Å². The number of benzene rings is 1. The van der Waals surface area contributed by atoms with Crippen molar-refractivity contribution in [1.29, 1.82) is 0 Å². The van der Waals surface area contributed by atoms with Crippen molar-refractivity contribution < 1.29 is 9.68 Å². The second kappa shape index (κ2) is 4.97. The molecule has 13 heavy (non-hydrogen) atoms. The Balaban J connectivity index is 0.000000130. The lowest BCUT2D eigenvalue weighted by Gasteiger charge is -2.11. The molecule has 0 aromatic carbocycles. The first kappa shape index (κ1) is 10.2. The highest BCUT2D eigenvalue weighted by molar-refractivity contribution is 5.75. The summed E-state index contributed by atoms with van der Waals surface area (Å²) in [7, 11) is 3.12. The van der Waals surface area contributed by atoms with Gasteiger partial charge in [-0.1, -0.05) is 29.5 Å². The summed E-state index contributed by atoms with van der Waals surface area (Å²) in [5.74, 6) is 0. The van der Waals surface area contributed by atoms with E-state index in [1.165, 1.54) is 16.4 Å². The maximum absolute atomic E-state index is 4.66. The van der Waals surface area contributed by atoms with Gasteiger partial charge >= 0.3 is 0 Å². The molecule has 0 bridgehead atoms. The van der Waals surface area contributed by atoms with Crippen LogP contribution in [0.4, 0.5) is 0 Å². The molecule has 0 radical (unpaired) electrons. The van der Waals surface area contributed by atoms with Crippen molar-refractivity contribution in [2.24, 2.45) is 0 Å².